The molecule has 1 N–H and O–H groups in total. The molecule has 0 bridgehead atoms. The van der Waals surface area contributed by atoms with Gasteiger partial charge < -0.3 is 19.9 Å². The Hall–Kier alpha value is -0.650. The maximum Gasteiger partial charge on any atom is 0.225 e. The van der Waals surface area contributed by atoms with Crippen LogP contribution in [0.4, 0.5) is 0 Å². The number of carbonyl (C=O) groups excluding carboxylic acids is 1. The molecule has 0 saturated carbocycles. The van der Waals surface area contributed by atoms with Crippen LogP contribution in [0.3, 0.4) is 0 Å². The summed E-state index contributed by atoms with van der Waals surface area (Å²) in [6, 6.07) is 0. The highest BCUT2D eigenvalue weighted by Gasteiger charge is 2.20. The lowest BCUT2D eigenvalue weighted by Gasteiger charge is -2.27. The molecule has 0 aromatic carbocycles. The first kappa shape index (κ1) is 15.4. The SMILES string of the molecule is CCN(CCCN(C)C)C(=O)CC1CNCCO1. The quantitative estimate of drug-likeness (QED) is 0.706. The number of amides is 1. The van der Waals surface area contributed by atoms with E-state index in [1.807, 2.05) is 11.8 Å². The molecular weight excluding hydrogens is 230 g/mol. The van der Waals surface area contributed by atoms with Crippen LogP contribution in [0.2, 0.25) is 0 Å². The number of carbonyl (C=O) groups is 1. The van der Waals surface area contributed by atoms with Gasteiger partial charge in [0.05, 0.1) is 19.1 Å². The summed E-state index contributed by atoms with van der Waals surface area (Å²) >= 11 is 0. The zero-order valence-electron chi connectivity index (χ0n) is 11.9. The third kappa shape index (κ3) is 5.80. The molecule has 18 heavy (non-hydrogen) atoms. The number of morpholine rings is 1. The normalized spacial score (nSPS) is 20.1. The van der Waals surface area contributed by atoms with Crippen LogP contribution >= 0.6 is 0 Å². The lowest BCUT2D eigenvalue weighted by atomic mass is 10.2. The van der Waals surface area contributed by atoms with E-state index in [0.29, 0.717) is 13.0 Å². The number of hydrogen-bond acceptors (Lipinski definition) is 4. The fraction of sp³-hybridized carbons (Fsp3) is 0.923. The molecule has 5 nitrogen and oxygen atoms in total. The molecule has 0 spiro atoms. The summed E-state index contributed by atoms with van der Waals surface area (Å²) < 4.78 is 5.57. The van der Waals surface area contributed by atoms with E-state index >= 15 is 0 Å². The van der Waals surface area contributed by atoms with Crippen molar-refractivity contribution in [1.29, 1.82) is 0 Å². The average Bonchev–Trinajstić information content (AvgIpc) is 2.35. The molecular formula is C13H27N3O2. The average molecular weight is 257 g/mol. The van der Waals surface area contributed by atoms with Gasteiger partial charge in [0, 0.05) is 26.2 Å². The third-order valence-corrected chi connectivity index (χ3v) is 3.17. The van der Waals surface area contributed by atoms with Gasteiger partial charge >= 0.3 is 0 Å². The maximum absolute atomic E-state index is 12.1. The molecule has 1 aliphatic rings. The molecule has 1 fully saturated rings. The molecule has 1 amide bonds. The van der Waals surface area contributed by atoms with E-state index in [9.17, 15) is 4.79 Å². The predicted octanol–water partition coefficient (Wildman–Crippen LogP) is 0.165. The Morgan fingerprint density at radius 3 is 2.72 bits per heavy atom. The van der Waals surface area contributed by atoms with Gasteiger partial charge in [-0.05, 0) is 34.0 Å². The summed E-state index contributed by atoms with van der Waals surface area (Å²) in [5, 5.41) is 3.25. The van der Waals surface area contributed by atoms with Crippen LogP contribution in [-0.4, -0.2) is 75.2 Å². The van der Waals surface area contributed by atoms with Crippen molar-refractivity contribution in [2.45, 2.75) is 25.9 Å². The highest BCUT2D eigenvalue weighted by atomic mass is 16.5. The second kappa shape index (κ2) is 8.45. The lowest BCUT2D eigenvalue weighted by molar-refractivity contribution is -0.134. The van der Waals surface area contributed by atoms with Crippen LogP contribution in [-0.2, 0) is 9.53 Å². The molecule has 1 aliphatic heterocycles. The molecule has 0 aromatic heterocycles. The Morgan fingerprint density at radius 2 is 2.17 bits per heavy atom. The zero-order chi connectivity index (χ0) is 13.4. The summed E-state index contributed by atoms with van der Waals surface area (Å²) in [6.45, 7) is 7.08. The van der Waals surface area contributed by atoms with Gasteiger partial charge in [-0.1, -0.05) is 0 Å². The largest absolute Gasteiger partial charge is 0.375 e. The Bertz CT molecular complexity index is 240. The topological polar surface area (TPSA) is 44.8 Å². The van der Waals surface area contributed by atoms with Crippen molar-refractivity contribution < 1.29 is 9.53 Å². The van der Waals surface area contributed by atoms with Gasteiger partial charge in [-0.3, -0.25) is 4.79 Å². The first-order valence-electron chi connectivity index (χ1n) is 6.88. The van der Waals surface area contributed by atoms with E-state index in [-0.39, 0.29) is 12.0 Å². The fourth-order valence-electron chi connectivity index (χ4n) is 2.11. The van der Waals surface area contributed by atoms with E-state index in [2.05, 4.69) is 24.3 Å². The fourth-order valence-corrected chi connectivity index (χ4v) is 2.11. The van der Waals surface area contributed by atoms with Crippen LogP contribution in [0, 0.1) is 0 Å². The Labute approximate surface area is 110 Å². The van der Waals surface area contributed by atoms with Crippen molar-refractivity contribution in [3.8, 4) is 0 Å². The summed E-state index contributed by atoms with van der Waals surface area (Å²) in [5.41, 5.74) is 0. The van der Waals surface area contributed by atoms with Crippen LogP contribution in [0.1, 0.15) is 19.8 Å². The number of nitrogens with zero attached hydrogens (tertiary/aromatic N) is 2. The van der Waals surface area contributed by atoms with Crippen LogP contribution in [0.5, 0.6) is 0 Å². The molecule has 106 valence electrons. The molecule has 5 heteroatoms. The van der Waals surface area contributed by atoms with Gasteiger partial charge in [-0.2, -0.15) is 0 Å². The molecule has 1 unspecified atom stereocenters. The Balaban J connectivity index is 2.27. The van der Waals surface area contributed by atoms with Crippen LogP contribution in [0.25, 0.3) is 0 Å². The van der Waals surface area contributed by atoms with Gasteiger partial charge in [-0.25, -0.2) is 0 Å². The summed E-state index contributed by atoms with van der Waals surface area (Å²) in [4.78, 5) is 16.2. The zero-order valence-corrected chi connectivity index (χ0v) is 11.9. The number of ether oxygens (including phenoxy) is 1. The van der Waals surface area contributed by atoms with Crippen molar-refractivity contribution in [2.75, 3.05) is 53.4 Å². The molecule has 0 radical (unpaired) electrons. The van der Waals surface area contributed by atoms with Crippen LogP contribution in [0.15, 0.2) is 0 Å². The van der Waals surface area contributed by atoms with Crippen molar-refractivity contribution in [1.82, 2.24) is 15.1 Å². The maximum atomic E-state index is 12.1. The minimum Gasteiger partial charge on any atom is -0.375 e. The van der Waals surface area contributed by atoms with E-state index in [0.717, 1.165) is 39.1 Å². The van der Waals surface area contributed by atoms with Crippen molar-refractivity contribution in [3.05, 3.63) is 0 Å². The second-order valence-corrected chi connectivity index (χ2v) is 5.03. The molecule has 0 aromatic rings. The minimum absolute atomic E-state index is 0.0501. The summed E-state index contributed by atoms with van der Waals surface area (Å²) in [6.07, 6.45) is 1.58. The molecule has 0 aliphatic carbocycles. The number of rotatable bonds is 7. The molecule has 1 rings (SSSR count). The smallest absolute Gasteiger partial charge is 0.225 e. The first-order chi connectivity index (χ1) is 8.63. The van der Waals surface area contributed by atoms with Gasteiger partial charge in [0.1, 0.15) is 0 Å². The Morgan fingerprint density at radius 1 is 1.39 bits per heavy atom. The van der Waals surface area contributed by atoms with Gasteiger partial charge in [0.25, 0.3) is 0 Å². The van der Waals surface area contributed by atoms with E-state index in [4.69, 9.17) is 4.74 Å². The van der Waals surface area contributed by atoms with E-state index < -0.39 is 0 Å². The van der Waals surface area contributed by atoms with Crippen LogP contribution < -0.4 is 5.32 Å². The van der Waals surface area contributed by atoms with Crippen molar-refractivity contribution in [3.63, 3.8) is 0 Å². The van der Waals surface area contributed by atoms with Gasteiger partial charge in [-0.15, -0.1) is 0 Å². The molecule has 1 atom stereocenters. The van der Waals surface area contributed by atoms with Gasteiger partial charge in [0.2, 0.25) is 5.91 Å². The molecule has 1 saturated heterocycles. The standard InChI is InChI=1S/C13H27N3O2/c1-4-16(8-5-7-15(2)3)13(17)10-12-11-14-6-9-18-12/h12,14H,4-11H2,1-3H3. The Kier molecular flexibility index (Phi) is 7.23. The second-order valence-electron chi connectivity index (χ2n) is 5.03. The lowest BCUT2D eigenvalue weighted by Crippen LogP contribution is -2.42. The summed E-state index contributed by atoms with van der Waals surface area (Å²) in [5.74, 6) is 0.213. The summed E-state index contributed by atoms with van der Waals surface area (Å²) in [7, 11) is 4.11. The van der Waals surface area contributed by atoms with Gasteiger partial charge in [0.15, 0.2) is 0 Å². The van der Waals surface area contributed by atoms with E-state index in [1.54, 1.807) is 0 Å². The third-order valence-electron chi connectivity index (χ3n) is 3.17. The molecule has 1 heterocycles. The van der Waals surface area contributed by atoms with Crippen molar-refractivity contribution in [2.24, 2.45) is 0 Å². The number of nitrogens with one attached hydrogen (secondary N) is 1. The first-order valence-corrected chi connectivity index (χ1v) is 6.88. The van der Waals surface area contributed by atoms with Crippen molar-refractivity contribution >= 4 is 5.91 Å². The monoisotopic (exact) mass is 257 g/mol. The highest BCUT2D eigenvalue weighted by Crippen LogP contribution is 2.05. The minimum atomic E-state index is 0.0501. The highest BCUT2D eigenvalue weighted by molar-refractivity contribution is 5.76. The predicted molar refractivity (Wildman–Crippen MR) is 72.7 cm³/mol. The number of hydrogen-bond donors (Lipinski definition) is 1. The van der Waals surface area contributed by atoms with E-state index in [1.165, 1.54) is 0 Å².